The summed E-state index contributed by atoms with van der Waals surface area (Å²) in [5.74, 6) is -1.73. The third-order valence-corrected chi connectivity index (χ3v) is 7.40. The Morgan fingerprint density at radius 1 is 1.19 bits per heavy atom. The Morgan fingerprint density at radius 3 is 2.58 bits per heavy atom. The van der Waals surface area contributed by atoms with Crippen LogP contribution in [0.2, 0.25) is 0 Å². The number of nitrogens with two attached hydrogens (primary N) is 1. The minimum Gasteiger partial charge on any atom is -0.364 e. The number of primary amides is 1. The Morgan fingerprint density at radius 2 is 1.90 bits per heavy atom. The van der Waals surface area contributed by atoms with E-state index >= 15 is 0 Å². The second-order valence-electron chi connectivity index (χ2n) is 9.62. The Kier molecular flexibility index (Phi) is 6.13. The van der Waals surface area contributed by atoms with Crippen molar-refractivity contribution in [3.63, 3.8) is 0 Å². The van der Waals surface area contributed by atoms with Crippen molar-refractivity contribution in [2.24, 2.45) is 23.5 Å². The zero-order valence-electron chi connectivity index (χ0n) is 18.0. The lowest BCUT2D eigenvalue weighted by atomic mass is 9.65. The van der Waals surface area contributed by atoms with Crippen LogP contribution in [-0.2, 0) is 0 Å². The van der Waals surface area contributed by atoms with Gasteiger partial charge in [-0.3, -0.25) is 14.6 Å². The minimum absolute atomic E-state index is 0.0138. The maximum atomic E-state index is 13.8. The molecule has 3 N–H and O–H groups in total. The van der Waals surface area contributed by atoms with Crippen LogP contribution in [0.1, 0.15) is 86.8 Å². The SMILES string of the molecule is C[C@@H]1CCC(c2cc(=O)c3c(C(N)=O)nccc3[nH]2)C(C2CCCC(F)(F)CCC2)C1. The van der Waals surface area contributed by atoms with Crippen molar-refractivity contribution in [2.45, 2.75) is 76.6 Å². The van der Waals surface area contributed by atoms with E-state index in [0.29, 0.717) is 36.1 Å². The average Bonchev–Trinajstić information content (AvgIpc) is 2.70. The fourth-order valence-electron chi connectivity index (χ4n) is 5.88. The predicted molar refractivity (Wildman–Crippen MR) is 116 cm³/mol. The highest BCUT2D eigenvalue weighted by Gasteiger charge is 2.38. The molecule has 2 heterocycles. The summed E-state index contributed by atoms with van der Waals surface area (Å²) in [6, 6.07) is 3.30. The van der Waals surface area contributed by atoms with E-state index in [-0.39, 0.29) is 35.3 Å². The second kappa shape index (κ2) is 8.67. The van der Waals surface area contributed by atoms with Crippen LogP contribution in [0.15, 0.2) is 23.1 Å². The first-order valence-corrected chi connectivity index (χ1v) is 11.4. The number of amides is 1. The third-order valence-electron chi connectivity index (χ3n) is 7.40. The lowest BCUT2D eigenvalue weighted by Crippen LogP contribution is -2.31. The summed E-state index contributed by atoms with van der Waals surface area (Å²) < 4.78 is 27.6. The van der Waals surface area contributed by atoms with Gasteiger partial charge in [-0.1, -0.05) is 13.3 Å². The molecule has 0 aliphatic heterocycles. The van der Waals surface area contributed by atoms with Crippen LogP contribution in [-0.4, -0.2) is 21.8 Å². The molecule has 2 aliphatic carbocycles. The highest BCUT2D eigenvalue weighted by atomic mass is 19.3. The number of hydrogen-bond donors (Lipinski definition) is 2. The molecule has 7 heteroatoms. The number of aromatic amines is 1. The molecule has 0 aromatic carbocycles. The van der Waals surface area contributed by atoms with E-state index in [0.717, 1.165) is 37.8 Å². The monoisotopic (exact) mass is 431 g/mol. The van der Waals surface area contributed by atoms with Gasteiger partial charge in [0, 0.05) is 36.7 Å². The van der Waals surface area contributed by atoms with E-state index in [9.17, 15) is 18.4 Å². The molecule has 0 radical (unpaired) electrons. The first-order valence-electron chi connectivity index (χ1n) is 11.4. The van der Waals surface area contributed by atoms with Crippen LogP contribution in [0.5, 0.6) is 0 Å². The molecular formula is C24H31F2N3O2. The highest BCUT2D eigenvalue weighted by Crippen LogP contribution is 2.47. The van der Waals surface area contributed by atoms with Gasteiger partial charge in [0.15, 0.2) is 5.43 Å². The Hall–Kier alpha value is -2.31. The van der Waals surface area contributed by atoms with Gasteiger partial charge in [0.2, 0.25) is 5.92 Å². The van der Waals surface area contributed by atoms with E-state index in [1.54, 1.807) is 12.1 Å². The molecular weight excluding hydrogens is 400 g/mol. The van der Waals surface area contributed by atoms with Gasteiger partial charge in [-0.25, -0.2) is 8.78 Å². The number of hydrogen-bond acceptors (Lipinski definition) is 3. The smallest absolute Gasteiger partial charge is 0.268 e. The number of aromatic nitrogens is 2. The summed E-state index contributed by atoms with van der Waals surface area (Å²) in [6.45, 7) is 2.26. The number of fused-ring (bicyclic) bond motifs is 1. The summed E-state index contributed by atoms with van der Waals surface area (Å²) in [5.41, 5.74) is 6.59. The number of H-pyrrole nitrogens is 1. The van der Waals surface area contributed by atoms with Crippen LogP contribution in [0, 0.1) is 17.8 Å². The lowest BCUT2D eigenvalue weighted by Gasteiger charge is -2.41. The van der Waals surface area contributed by atoms with E-state index in [1.165, 1.54) is 6.20 Å². The maximum absolute atomic E-state index is 13.8. The molecule has 1 amide bonds. The summed E-state index contributed by atoms with van der Waals surface area (Å²) >= 11 is 0. The van der Waals surface area contributed by atoms with Gasteiger partial charge in [-0.15, -0.1) is 0 Å². The number of nitrogens with one attached hydrogen (secondary N) is 1. The Balaban J connectivity index is 1.67. The molecule has 2 aliphatic rings. The third kappa shape index (κ3) is 4.65. The number of pyridine rings is 2. The molecule has 168 valence electrons. The summed E-state index contributed by atoms with van der Waals surface area (Å²) in [5, 5.41) is 0.229. The lowest BCUT2D eigenvalue weighted by molar-refractivity contribution is -0.0310. The van der Waals surface area contributed by atoms with Crippen molar-refractivity contribution in [3.05, 3.63) is 39.9 Å². The molecule has 2 aromatic rings. The van der Waals surface area contributed by atoms with Crippen molar-refractivity contribution >= 4 is 16.8 Å². The van der Waals surface area contributed by atoms with Crippen LogP contribution >= 0.6 is 0 Å². The van der Waals surface area contributed by atoms with Crippen molar-refractivity contribution in [2.75, 3.05) is 0 Å². The van der Waals surface area contributed by atoms with Crippen molar-refractivity contribution in [3.8, 4) is 0 Å². The molecule has 2 unspecified atom stereocenters. The van der Waals surface area contributed by atoms with E-state index in [4.69, 9.17) is 5.73 Å². The maximum Gasteiger partial charge on any atom is 0.268 e. The van der Waals surface area contributed by atoms with Crippen molar-refractivity contribution in [1.29, 1.82) is 0 Å². The van der Waals surface area contributed by atoms with Crippen LogP contribution in [0.3, 0.4) is 0 Å². The summed E-state index contributed by atoms with van der Waals surface area (Å²) in [7, 11) is 0. The molecule has 2 saturated carbocycles. The van der Waals surface area contributed by atoms with E-state index in [2.05, 4.69) is 16.9 Å². The number of carbonyl (C=O) groups is 1. The number of nitrogens with zero attached hydrogens (tertiary/aromatic N) is 1. The molecule has 31 heavy (non-hydrogen) atoms. The summed E-state index contributed by atoms with van der Waals surface area (Å²) in [6.07, 6.45) is 7.27. The number of alkyl halides is 2. The van der Waals surface area contributed by atoms with Crippen molar-refractivity contribution < 1.29 is 13.6 Å². The second-order valence-corrected chi connectivity index (χ2v) is 9.62. The standard InChI is InChI=1S/C24H31F2N3O2/c1-14-6-7-16(17(12-14)15-4-2-9-24(25,26)10-3-5-15)19-13-20(30)21-18(29-19)8-11-28-22(21)23(27)31/h8,11,13-17H,2-7,9-10,12H2,1H3,(H2,27,31)(H,29,30)/t14-,16?,17?/m1/s1. The largest absolute Gasteiger partial charge is 0.364 e. The van der Waals surface area contributed by atoms with Gasteiger partial charge < -0.3 is 10.7 Å². The van der Waals surface area contributed by atoms with Gasteiger partial charge in [0.1, 0.15) is 5.69 Å². The minimum atomic E-state index is -2.53. The molecule has 4 rings (SSSR count). The van der Waals surface area contributed by atoms with Gasteiger partial charge in [0.25, 0.3) is 5.91 Å². The summed E-state index contributed by atoms with van der Waals surface area (Å²) in [4.78, 5) is 32.0. The molecule has 0 saturated heterocycles. The molecule has 3 atom stereocenters. The molecule has 0 bridgehead atoms. The zero-order valence-corrected chi connectivity index (χ0v) is 18.0. The average molecular weight is 432 g/mol. The highest BCUT2D eigenvalue weighted by molar-refractivity contribution is 6.03. The number of halogens is 2. The molecule has 2 aromatic heterocycles. The first kappa shape index (κ1) is 21.9. The Bertz CT molecular complexity index is 1010. The number of carbonyl (C=O) groups excluding carboxylic acids is 1. The van der Waals surface area contributed by atoms with Crippen LogP contribution < -0.4 is 11.2 Å². The number of rotatable bonds is 3. The van der Waals surface area contributed by atoms with Gasteiger partial charge in [-0.05, 0) is 62.3 Å². The molecule has 0 spiro atoms. The molecule has 2 fully saturated rings. The van der Waals surface area contributed by atoms with Gasteiger partial charge in [-0.2, -0.15) is 0 Å². The topological polar surface area (TPSA) is 88.8 Å². The van der Waals surface area contributed by atoms with Gasteiger partial charge >= 0.3 is 0 Å². The fourth-order valence-corrected chi connectivity index (χ4v) is 5.88. The van der Waals surface area contributed by atoms with Gasteiger partial charge in [0.05, 0.1) is 10.9 Å². The first-order chi connectivity index (χ1) is 14.7. The fraction of sp³-hybridized carbons (Fsp3) is 0.625. The van der Waals surface area contributed by atoms with E-state index in [1.807, 2.05) is 0 Å². The quantitative estimate of drug-likeness (QED) is 0.705. The zero-order chi connectivity index (χ0) is 22.2. The van der Waals surface area contributed by atoms with Crippen LogP contribution in [0.25, 0.3) is 10.9 Å². The van der Waals surface area contributed by atoms with Crippen LogP contribution in [0.4, 0.5) is 8.78 Å². The predicted octanol–water partition coefficient (Wildman–Crippen LogP) is 5.15. The molecule has 5 nitrogen and oxygen atoms in total. The Labute approximate surface area is 180 Å². The normalized spacial score (nSPS) is 27.5. The van der Waals surface area contributed by atoms with Crippen molar-refractivity contribution in [1.82, 2.24) is 9.97 Å². The van der Waals surface area contributed by atoms with E-state index < -0.39 is 11.8 Å².